The van der Waals surface area contributed by atoms with E-state index >= 15 is 0 Å². The molecule has 0 N–H and O–H groups in total. The molecule has 0 radical (unpaired) electrons. The first-order valence-corrected chi connectivity index (χ1v) is 8.22. The molecule has 2 aromatic rings. The molecule has 0 amide bonds. The zero-order chi connectivity index (χ0) is 14.8. The quantitative estimate of drug-likeness (QED) is 0.677. The Morgan fingerprint density at radius 2 is 1.62 bits per heavy atom. The fourth-order valence-corrected chi connectivity index (χ4v) is 2.97. The smallest absolute Gasteiger partial charge is 0.161 e. The van der Waals surface area contributed by atoms with Crippen molar-refractivity contribution >= 4 is 27.5 Å². The van der Waals surface area contributed by atoms with Crippen LogP contribution in [0.15, 0.2) is 42.5 Å². The van der Waals surface area contributed by atoms with Crippen molar-refractivity contribution in [2.24, 2.45) is 5.92 Å². The SMILES string of the molecule is CC1COc2ccc(C(Br)c3ccc(Cl)cc3)cc2OC1. The van der Waals surface area contributed by atoms with Crippen LogP contribution in [0.1, 0.15) is 22.9 Å². The Morgan fingerprint density at radius 3 is 2.33 bits per heavy atom. The molecule has 0 fully saturated rings. The monoisotopic (exact) mass is 366 g/mol. The number of hydrogen-bond acceptors (Lipinski definition) is 2. The first kappa shape index (κ1) is 14.7. The average Bonchev–Trinajstić information content (AvgIpc) is 2.69. The number of ether oxygens (including phenoxy) is 2. The van der Waals surface area contributed by atoms with Crippen molar-refractivity contribution in [3.63, 3.8) is 0 Å². The lowest BCUT2D eigenvalue weighted by atomic mass is 10.0. The molecule has 0 saturated heterocycles. The molecule has 4 heteroatoms. The molecule has 110 valence electrons. The molecular formula is C17H16BrClO2. The van der Waals surface area contributed by atoms with Gasteiger partial charge in [-0.05, 0) is 35.4 Å². The molecule has 0 aliphatic carbocycles. The maximum atomic E-state index is 5.94. The largest absolute Gasteiger partial charge is 0.489 e. The van der Waals surface area contributed by atoms with Crippen LogP contribution < -0.4 is 9.47 Å². The van der Waals surface area contributed by atoms with Gasteiger partial charge in [-0.25, -0.2) is 0 Å². The normalized spacial score (nSPS) is 18.9. The van der Waals surface area contributed by atoms with Crippen LogP contribution in [0.5, 0.6) is 11.5 Å². The third kappa shape index (κ3) is 3.35. The summed E-state index contributed by atoms with van der Waals surface area (Å²) in [6.45, 7) is 3.50. The number of fused-ring (bicyclic) bond motifs is 1. The summed E-state index contributed by atoms with van der Waals surface area (Å²) in [5.41, 5.74) is 2.29. The summed E-state index contributed by atoms with van der Waals surface area (Å²) in [4.78, 5) is 0.101. The van der Waals surface area contributed by atoms with Gasteiger partial charge < -0.3 is 9.47 Å². The number of benzene rings is 2. The molecular weight excluding hydrogens is 352 g/mol. The van der Waals surface area contributed by atoms with E-state index in [1.54, 1.807) is 0 Å². The van der Waals surface area contributed by atoms with Gasteiger partial charge in [-0.3, -0.25) is 0 Å². The van der Waals surface area contributed by atoms with Crippen molar-refractivity contribution in [2.75, 3.05) is 13.2 Å². The number of hydrogen-bond donors (Lipinski definition) is 0. The van der Waals surface area contributed by atoms with Crippen LogP contribution in [0.4, 0.5) is 0 Å². The summed E-state index contributed by atoms with van der Waals surface area (Å²) in [7, 11) is 0. The molecule has 1 heterocycles. The Kier molecular flexibility index (Phi) is 4.41. The second-order valence-electron chi connectivity index (χ2n) is 5.35. The van der Waals surface area contributed by atoms with Crippen LogP contribution in [0, 0.1) is 5.92 Å². The zero-order valence-electron chi connectivity index (χ0n) is 11.7. The van der Waals surface area contributed by atoms with Crippen LogP contribution in [-0.2, 0) is 0 Å². The average molecular weight is 368 g/mol. The zero-order valence-corrected chi connectivity index (χ0v) is 14.0. The van der Waals surface area contributed by atoms with Crippen LogP contribution in [0.2, 0.25) is 5.02 Å². The minimum Gasteiger partial charge on any atom is -0.489 e. The Labute approximate surface area is 138 Å². The highest BCUT2D eigenvalue weighted by Crippen LogP contribution is 2.38. The van der Waals surface area contributed by atoms with Gasteiger partial charge in [0.15, 0.2) is 11.5 Å². The van der Waals surface area contributed by atoms with Gasteiger partial charge in [0.25, 0.3) is 0 Å². The van der Waals surface area contributed by atoms with Gasteiger partial charge in [-0.2, -0.15) is 0 Å². The fourth-order valence-electron chi connectivity index (χ4n) is 2.25. The van der Waals surface area contributed by atoms with Crippen molar-refractivity contribution in [3.8, 4) is 11.5 Å². The van der Waals surface area contributed by atoms with E-state index in [0.29, 0.717) is 19.1 Å². The maximum absolute atomic E-state index is 5.94. The van der Waals surface area contributed by atoms with Crippen LogP contribution >= 0.6 is 27.5 Å². The van der Waals surface area contributed by atoms with Crippen molar-refractivity contribution in [2.45, 2.75) is 11.8 Å². The van der Waals surface area contributed by atoms with E-state index in [1.165, 1.54) is 0 Å². The lowest BCUT2D eigenvalue weighted by molar-refractivity contribution is 0.228. The van der Waals surface area contributed by atoms with Gasteiger partial charge in [0.2, 0.25) is 0 Å². The summed E-state index contributed by atoms with van der Waals surface area (Å²) in [6, 6.07) is 13.9. The van der Waals surface area contributed by atoms with E-state index < -0.39 is 0 Å². The van der Waals surface area contributed by atoms with E-state index in [1.807, 2.05) is 36.4 Å². The number of alkyl halides is 1. The van der Waals surface area contributed by atoms with E-state index in [2.05, 4.69) is 28.9 Å². The molecule has 0 saturated carbocycles. The predicted octanol–water partition coefficient (Wildman–Crippen LogP) is 5.23. The van der Waals surface area contributed by atoms with Crippen LogP contribution in [0.25, 0.3) is 0 Å². The van der Waals surface area contributed by atoms with Crippen LogP contribution in [0.3, 0.4) is 0 Å². The molecule has 2 unspecified atom stereocenters. The summed E-state index contributed by atoms with van der Waals surface area (Å²) < 4.78 is 11.6. The third-order valence-electron chi connectivity index (χ3n) is 3.47. The standard InChI is InChI=1S/C17H16BrClO2/c1-11-9-20-15-7-4-13(8-16(15)21-10-11)17(18)12-2-5-14(19)6-3-12/h2-8,11,17H,9-10H2,1H3. The molecule has 0 aromatic heterocycles. The first-order valence-electron chi connectivity index (χ1n) is 6.92. The van der Waals surface area contributed by atoms with Crippen LogP contribution in [-0.4, -0.2) is 13.2 Å². The molecule has 0 spiro atoms. The number of rotatable bonds is 2. The Morgan fingerprint density at radius 1 is 1.00 bits per heavy atom. The molecule has 3 rings (SSSR count). The predicted molar refractivity (Wildman–Crippen MR) is 88.8 cm³/mol. The molecule has 2 nitrogen and oxygen atoms in total. The Hall–Kier alpha value is -1.19. The van der Waals surface area contributed by atoms with Crippen molar-refractivity contribution in [3.05, 3.63) is 58.6 Å². The van der Waals surface area contributed by atoms with Gasteiger partial charge in [-0.15, -0.1) is 0 Å². The summed E-state index contributed by atoms with van der Waals surface area (Å²) in [6.07, 6.45) is 0. The summed E-state index contributed by atoms with van der Waals surface area (Å²) in [5, 5.41) is 0.742. The van der Waals surface area contributed by atoms with E-state index in [0.717, 1.165) is 27.6 Å². The van der Waals surface area contributed by atoms with E-state index in [-0.39, 0.29) is 4.83 Å². The van der Waals surface area contributed by atoms with E-state index in [4.69, 9.17) is 21.1 Å². The van der Waals surface area contributed by atoms with E-state index in [9.17, 15) is 0 Å². The first-order chi connectivity index (χ1) is 10.1. The maximum Gasteiger partial charge on any atom is 0.161 e. The lowest BCUT2D eigenvalue weighted by Crippen LogP contribution is -2.12. The Balaban J connectivity index is 1.88. The van der Waals surface area contributed by atoms with Crippen molar-refractivity contribution < 1.29 is 9.47 Å². The molecule has 1 aliphatic heterocycles. The minimum absolute atomic E-state index is 0.101. The second kappa shape index (κ2) is 6.29. The molecule has 2 atom stereocenters. The fraction of sp³-hybridized carbons (Fsp3) is 0.294. The highest BCUT2D eigenvalue weighted by atomic mass is 79.9. The lowest BCUT2D eigenvalue weighted by Gasteiger charge is -2.14. The van der Waals surface area contributed by atoms with Gasteiger partial charge >= 0.3 is 0 Å². The molecule has 2 aromatic carbocycles. The molecule has 21 heavy (non-hydrogen) atoms. The van der Waals surface area contributed by atoms with Crippen molar-refractivity contribution in [1.29, 1.82) is 0 Å². The second-order valence-corrected chi connectivity index (χ2v) is 6.70. The van der Waals surface area contributed by atoms with Crippen molar-refractivity contribution in [1.82, 2.24) is 0 Å². The highest BCUT2D eigenvalue weighted by Gasteiger charge is 2.18. The van der Waals surface area contributed by atoms with Gasteiger partial charge in [-0.1, -0.05) is 52.7 Å². The topological polar surface area (TPSA) is 18.5 Å². The highest BCUT2D eigenvalue weighted by molar-refractivity contribution is 9.09. The number of halogens is 2. The van der Waals surface area contributed by atoms with Gasteiger partial charge in [0.05, 0.1) is 18.0 Å². The Bertz CT molecular complexity index is 627. The molecule has 1 aliphatic rings. The summed E-state index contributed by atoms with van der Waals surface area (Å²) in [5.74, 6) is 2.03. The van der Waals surface area contributed by atoms with Gasteiger partial charge in [0.1, 0.15) is 0 Å². The third-order valence-corrected chi connectivity index (χ3v) is 4.78. The summed E-state index contributed by atoms with van der Waals surface area (Å²) >= 11 is 9.68. The minimum atomic E-state index is 0.101. The van der Waals surface area contributed by atoms with Gasteiger partial charge in [0, 0.05) is 10.9 Å². The molecule has 0 bridgehead atoms.